The topological polar surface area (TPSA) is 29.5 Å². The normalized spacial score (nSPS) is 12.9. The van der Waals surface area contributed by atoms with E-state index in [2.05, 4.69) is 0 Å². The summed E-state index contributed by atoms with van der Waals surface area (Å²) in [4.78, 5) is 0. The number of rotatable bonds is 3. The van der Waals surface area contributed by atoms with Gasteiger partial charge in [0.25, 0.3) is 0 Å². The van der Waals surface area contributed by atoms with Gasteiger partial charge in [0.05, 0.1) is 13.1 Å². The van der Waals surface area contributed by atoms with Gasteiger partial charge < -0.3 is 22.8 Å². The van der Waals surface area contributed by atoms with E-state index in [1.54, 1.807) is 0 Å². The van der Waals surface area contributed by atoms with Gasteiger partial charge in [-0.15, -0.1) is 0 Å². The van der Waals surface area contributed by atoms with E-state index in [9.17, 15) is 12.9 Å². The van der Waals surface area contributed by atoms with Crippen molar-refractivity contribution in [2.75, 3.05) is 7.11 Å². The second kappa shape index (κ2) is 6.27. The molecule has 0 bridgehead atoms. The molecule has 0 amide bonds. The summed E-state index contributed by atoms with van der Waals surface area (Å²) in [5.41, 5.74) is -0.168. The molecule has 1 rings (SSSR count). The predicted octanol–water partition coefficient (Wildman–Crippen LogP) is -0.881. The van der Waals surface area contributed by atoms with Crippen LogP contribution >= 0.6 is 0 Å². The van der Waals surface area contributed by atoms with Crippen LogP contribution in [0, 0.1) is 0 Å². The number of methoxy groups -OCH3 is 1. The van der Waals surface area contributed by atoms with Crippen molar-refractivity contribution in [2.24, 2.45) is 0 Å². The van der Waals surface area contributed by atoms with Gasteiger partial charge in [-0.25, -0.2) is 0 Å². The molecule has 15 heavy (non-hydrogen) atoms. The van der Waals surface area contributed by atoms with E-state index in [0.717, 1.165) is 0 Å². The molecular weight excluding hydrogens is 235 g/mol. The zero-order valence-electron chi connectivity index (χ0n) is 8.45. The van der Waals surface area contributed by atoms with Crippen LogP contribution < -0.4 is 56.1 Å². The zero-order chi connectivity index (χ0) is 10.8. The van der Waals surface area contributed by atoms with Crippen LogP contribution in [-0.4, -0.2) is 19.2 Å². The number of benzene rings is 1. The molecule has 0 aliphatic carbocycles. The molecule has 0 radical (unpaired) electrons. The largest absolute Gasteiger partial charge is 1.00 e. The molecule has 2 nitrogen and oxygen atoms in total. The molecule has 1 unspecified atom stereocenters. The second-order valence-corrected chi connectivity index (χ2v) is 2.84. The van der Waals surface area contributed by atoms with E-state index in [4.69, 9.17) is 9.84 Å². The SMILES string of the molecule is COc1ccc(C(O)[B-](F)(F)F)cc1.[K+]. The van der Waals surface area contributed by atoms with Crippen LogP contribution in [-0.2, 0) is 0 Å². The molecule has 0 spiro atoms. The van der Waals surface area contributed by atoms with Crippen LogP contribution in [0.2, 0.25) is 0 Å². The molecule has 1 aromatic carbocycles. The van der Waals surface area contributed by atoms with Crippen molar-refractivity contribution in [1.29, 1.82) is 0 Å². The van der Waals surface area contributed by atoms with Crippen molar-refractivity contribution in [3.63, 3.8) is 0 Å². The first-order valence-corrected chi connectivity index (χ1v) is 3.97. The van der Waals surface area contributed by atoms with Crippen molar-refractivity contribution in [3.8, 4) is 5.75 Å². The Morgan fingerprint density at radius 3 is 2.00 bits per heavy atom. The maximum atomic E-state index is 12.1. The van der Waals surface area contributed by atoms with Crippen molar-refractivity contribution in [1.82, 2.24) is 0 Å². The maximum Gasteiger partial charge on any atom is 1.00 e. The summed E-state index contributed by atoms with van der Waals surface area (Å²) in [6.45, 7) is -5.25. The van der Waals surface area contributed by atoms with Crippen LogP contribution in [0.5, 0.6) is 5.75 Å². The Morgan fingerprint density at radius 2 is 1.67 bits per heavy atom. The number of aliphatic hydroxyl groups is 1. The van der Waals surface area contributed by atoms with E-state index in [1.807, 2.05) is 0 Å². The summed E-state index contributed by atoms with van der Waals surface area (Å²) in [5.74, 6) is 0.454. The molecule has 0 saturated carbocycles. The number of aliphatic hydroxyl groups excluding tert-OH is 1. The third kappa shape index (κ3) is 4.46. The van der Waals surface area contributed by atoms with E-state index in [1.165, 1.54) is 31.4 Å². The van der Waals surface area contributed by atoms with Crippen molar-refractivity contribution < 1.29 is 74.2 Å². The van der Waals surface area contributed by atoms with E-state index >= 15 is 0 Å². The number of hydrogen-bond donors (Lipinski definition) is 1. The fourth-order valence-electron chi connectivity index (χ4n) is 1.02. The van der Waals surface area contributed by atoms with Gasteiger partial charge in [-0.2, -0.15) is 0 Å². The molecule has 78 valence electrons. The van der Waals surface area contributed by atoms with Crippen molar-refractivity contribution in [2.45, 2.75) is 6.00 Å². The Kier molecular flexibility index (Phi) is 6.46. The minimum atomic E-state index is -5.25. The Balaban J connectivity index is 0.00000196. The van der Waals surface area contributed by atoms with Gasteiger partial charge in [0.2, 0.25) is 0 Å². The van der Waals surface area contributed by atoms with E-state index in [0.29, 0.717) is 5.75 Å². The molecule has 1 aromatic rings. The van der Waals surface area contributed by atoms with Crippen LogP contribution in [0.4, 0.5) is 12.9 Å². The van der Waals surface area contributed by atoms with Gasteiger partial charge in [-0.3, -0.25) is 0 Å². The fraction of sp³-hybridized carbons (Fsp3) is 0.250. The van der Waals surface area contributed by atoms with Gasteiger partial charge >= 0.3 is 58.4 Å². The summed E-state index contributed by atoms with van der Waals surface area (Å²) in [6, 6.07) is 2.76. The Labute approximate surface area is 128 Å². The summed E-state index contributed by atoms with van der Waals surface area (Å²) in [5, 5.41) is 8.88. The fourth-order valence-corrected chi connectivity index (χ4v) is 1.02. The molecule has 1 N–H and O–H groups in total. The summed E-state index contributed by atoms with van der Waals surface area (Å²) < 4.78 is 41.1. The first-order chi connectivity index (χ1) is 6.45. The third-order valence-corrected chi connectivity index (χ3v) is 1.82. The summed E-state index contributed by atoms with van der Waals surface area (Å²) in [7, 11) is 1.42. The average Bonchev–Trinajstić information content (AvgIpc) is 2.15. The molecule has 0 saturated heterocycles. The molecule has 0 heterocycles. The predicted molar refractivity (Wildman–Crippen MR) is 47.0 cm³/mol. The quantitative estimate of drug-likeness (QED) is 0.699. The van der Waals surface area contributed by atoms with E-state index < -0.39 is 13.0 Å². The monoisotopic (exact) mass is 244 g/mol. The van der Waals surface area contributed by atoms with Gasteiger partial charge in [0, 0.05) is 0 Å². The molecule has 7 heteroatoms. The molecule has 0 aliphatic rings. The smallest absolute Gasteiger partial charge is 0.497 e. The van der Waals surface area contributed by atoms with Crippen molar-refractivity contribution >= 4 is 6.98 Å². The summed E-state index contributed by atoms with van der Waals surface area (Å²) in [6.07, 6.45) is 0. The van der Waals surface area contributed by atoms with Crippen LogP contribution in [0.25, 0.3) is 0 Å². The maximum absolute atomic E-state index is 12.1. The Hall–Kier alpha value is 0.471. The van der Waals surface area contributed by atoms with Crippen LogP contribution in [0.3, 0.4) is 0 Å². The summed E-state index contributed by atoms with van der Waals surface area (Å²) >= 11 is 0. The van der Waals surface area contributed by atoms with E-state index in [-0.39, 0.29) is 56.9 Å². The standard InChI is InChI=1S/C8H9BF3O2.K/c1-14-7-4-2-6(3-5-7)8(13)9(10,11)12;/h2-5,8,13H,1H3;/q-1;+1. The van der Waals surface area contributed by atoms with Gasteiger partial charge in [0.1, 0.15) is 5.75 Å². The Bertz CT molecular complexity index is 302. The average molecular weight is 244 g/mol. The minimum Gasteiger partial charge on any atom is -0.497 e. The molecular formula is C8H9BF3KO2. The van der Waals surface area contributed by atoms with Gasteiger partial charge in [-0.05, 0) is 17.7 Å². The Morgan fingerprint density at radius 1 is 1.20 bits per heavy atom. The minimum absolute atomic E-state index is 0. The van der Waals surface area contributed by atoms with Crippen LogP contribution in [0.1, 0.15) is 11.6 Å². The molecule has 0 aliphatic heterocycles. The molecule has 0 fully saturated rings. The number of ether oxygens (including phenoxy) is 1. The third-order valence-electron chi connectivity index (χ3n) is 1.82. The van der Waals surface area contributed by atoms with Crippen LogP contribution in [0.15, 0.2) is 24.3 Å². The second-order valence-electron chi connectivity index (χ2n) is 2.84. The van der Waals surface area contributed by atoms with Crippen molar-refractivity contribution in [3.05, 3.63) is 29.8 Å². The first kappa shape index (κ1) is 15.5. The van der Waals surface area contributed by atoms with Gasteiger partial charge in [-0.1, -0.05) is 12.1 Å². The number of halogens is 3. The molecule has 1 atom stereocenters. The molecule has 0 aromatic heterocycles. The first-order valence-electron chi connectivity index (χ1n) is 3.97. The van der Waals surface area contributed by atoms with Gasteiger partial charge in [0.15, 0.2) is 0 Å². The number of hydrogen-bond acceptors (Lipinski definition) is 2. The zero-order valence-corrected chi connectivity index (χ0v) is 11.6.